The Morgan fingerprint density at radius 3 is 3.00 bits per heavy atom. The molecular formula is C14H19N2. The zero-order chi connectivity index (χ0) is 10.8. The van der Waals surface area contributed by atoms with Crippen LogP contribution in [0.4, 0.5) is 0 Å². The van der Waals surface area contributed by atoms with E-state index in [4.69, 9.17) is 5.32 Å². The summed E-state index contributed by atoms with van der Waals surface area (Å²) in [5.41, 5.74) is 3.01. The maximum atomic E-state index is 4.79. The Morgan fingerprint density at radius 2 is 2.12 bits per heavy atom. The van der Waals surface area contributed by atoms with E-state index in [0.29, 0.717) is 12.1 Å². The van der Waals surface area contributed by atoms with Gasteiger partial charge in [0.05, 0.1) is 0 Å². The SMILES string of the molecule is c1ccc2c(c1)CCNC2C1CCCC[N]1. The number of piperidine rings is 1. The highest BCUT2D eigenvalue weighted by Gasteiger charge is 2.28. The highest BCUT2D eigenvalue weighted by atomic mass is 15.0. The van der Waals surface area contributed by atoms with Crippen molar-refractivity contribution >= 4 is 0 Å². The number of hydrogen-bond acceptors (Lipinski definition) is 1. The fourth-order valence-electron chi connectivity index (χ4n) is 2.97. The van der Waals surface area contributed by atoms with Crippen LogP contribution in [0.2, 0.25) is 0 Å². The number of nitrogens with one attached hydrogen (secondary N) is 1. The van der Waals surface area contributed by atoms with Gasteiger partial charge in [-0.05, 0) is 36.9 Å². The maximum absolute atomic E-state index is 4.79. The second kappa shape index (κ2) is 4.56. The van der Waals surface area contributed by atoms with Gasteiger partial charge < -0.3 is 5.32 Å². The third-order valence-electron chi connectivity index (χ3n) is 3.81. The number of benzene rings is 1. The fourth-order valence-corrected chi connectivity index (χ4v) is 2.97. The Bertz CT molecular complexity index is 356. The fraction of sp³-hybridized carbons (Fsp3) is 0.571. The molecule has 2 heteroatoms. The topological polar surface area (TPSA) is 26.1 Å². The zero-order valence-electron chi connectivity index (χ0n) is 9.65. The summed E-state index contributed by atoms with van der Waals surface area (Å²) >= 11 is 0. The average molecular weight is 215 g/mol. The normalized spacial score (nSPS) is 29.8. The van der Waals surface area contributed by atoms with Crippen LogP contribution in [-0.4, -0.2) is 19.1 Å². The maximum Gasteiger partial charge on any atom is 0.0495 e. The molecule has 0 amide bonds. The summed E-state index contributed by atoms with van der Waals surface area (Å²) in [6.07, 6.45) is 5.05. The van der Waals surface area contributed by atoms with Crippen LogP contribution < -0.4 is 10.6 Å². The van der Waals surface area contributed by atoms with Crippen molar-refractivity contribution in [1.29, 1.82) is 0 Å². The zero-order valence-corrected chi connectivity index (χ0v) is 9.65. The lowest BCUT2D eigenvalue weighted by Crippen LogP contribution is -2.43. The number of nitrogens with zero attached hydrogens (tertiary/aromatic N) is 1. The second-order valence-corrected chi connectivity index (χ2v) is 4.85. The van der Waals surface area contributed by atoms with Gasteiger partial charge in [-0.1, -0.05) is 30.7 Å². The van der Waals surface area contributed by atoms with Gasteiger partial charge in [-0.3, -0.25) is 0 Å². The predicted octanol–water partition coefficient (Wildman–Crippen LogP) is 2.03. The Morgan fingerprint density at radius 1 is 1.19 bits per heavy atom. The molecule has 0 bridgehead atoms. The summed E-state index contributed by atoms with van der Waals surface area (Å²) in [7, 11) is 0. The molecular weight excluding hydrogens is 196 g/mol. The smallest absolute Gasteiger partial charge is 0.0495 e. The van der Waals surface area contributed by atoms with Crippen LogP contribution in [0.3, 0.4) is 0 Å². The molecule has 2 heterocycles. The largest absolute Gasteiger partial charge is 0.308 e. The van der Waals surface area contributed by atoms with E-state index in [9.17, 15) is 0 Å². The quantitative estimate of drug-likeness (QED) is 0.762. The van der Waals surface area contributed by atoms with Crippen LogP contribution in [0.25, 0.3) is 0 Å². The highest BCUT2D eigenvalue weighted by Crippen LogP contribution is 2.29. The molecule has 0 saturated carbocycles. The van der Waals surface area contributed by atoms with Crippen molar-refractivity contribution in [1.82, 2.24) is 10.6 Å². The third-order valence-corrected chi connectivity index (χ3v) is 3.81. The lowest BCUT2D eigenvalue weighted by Gasteiger charge is -2.35. The molecule has 1 fully saturated rings. The number of rotatable bonds is 1. The molecule has 1 aromatic carbocycles. The molecule has 2 nitrogen and oxygen atoms in total. The molecule has 16 heavy (non-hydrogen) atoms. The molecule has 0 spiro atoms. The highest BCUT2D eigenvalue weighted by molar-refractivity contribution is 5.33. The van der Waals surface area contributed by atoms with E-state index in [1.165, 1.54) is 36.8 Å². The molecule has 1 radical (unpaired) electrons. The number of fused-ring (bicyclic) bond motifs is 1. The van der Waals surface area contributed by atoms with Crippen LogP contribution in [0.15, 0.2) is 24.3 Å². The monoisotopic (exact) mass is 215 g/mol. The van der Waals surface area contributed by atoms with Crippen molar-refractivity contribution in [3.05, 3.63) is 35.4 Å². The second-order valence-electron chi connectivity index (χ2n) is 4.85. The molecule has 1 saturated heterocycles. The number of hydrogen-bond donors (Lipinski definition) is 1. The van der Waals surface area contributed by atoms with Gasteiger partial charge in [-0.15, -0.1) is 0 Å². The first kappa shape index (κ1) is 10.3. The van der Waals surface area contributed by atoms with E-state index in [0.717, 1.165) is 13.1 Å². The van der Waals surface area contributed by atoms with Crippen LogP contribution in [0, 0.1) is 0 Å². The minimum absolute atomic E-state index is 0.477. The van der Waals surface area contributed by atoms with Crippen molar-refractivity contribution in [3.8, 4) is 0 Å². The van der Waals surface area contributed by atoms with Gasteiger partial charge in [-0.25, -0.2) is 5.32 Å². The first-order valence-corrected chi connectivity index (χ1v) is 6.43. The van der Waals surface area contributed by atoms with Crippen molar-refractivity contribution in [2.75, 3.05) is 13.1 Å². The average Bonchev–Trinajstić information content (AvgIpc) is 2.39. The van der Waals surface area contributed by atoms with Crippen molar-refractivity contribution in [2.45, 2.75) is 37.8 Å². The molecule has 1 N–H and O–H groups in total. The lowest BCUT2D eigenvalue weighted by atomic mass is 9.86. The Kier molecular flexibility index (Phi) is 2.94. The molecule has 2 atom stereocenters. The lowest BCUT2D eigenvalue weighted by molar-refractivity contribution is 0.301. The van der Waals surface area contributed by atoms with Gasteiger partial charge in [0, 0.05) is 18.6 Å². The molecule has 0 aromatic heterocycles. The molecule has 0 aliphatic carbocycles. The Labute approximate surface area is 97.4 Å². The minimum Gasteiger partial charge on any atom is -0.308 e. The van der Waals surface area contributed by atoms with Gasteiger partial charge in [0.2, 0.25) is 0 Å². The van der Waals surface area contributed by atoms with Gasteiger partial charge in [0.15, 0.2) is 0 Å². The van der Waals surface area contributed by atoms with Gasteiger partial charge in [0.1, 0.15) is 0 Å². The van der Waals surface area contributed by atoms with Gasteiger partial charge in [-0.2, -0.15) is 0 Å². The first-order valence-electron chi connectivity index (χ1n) is 6.43. The van der Waals surface area contributed by atoms with E-state index in [1.807, 2.05) is 0 Å². The van der Waals surface area contributed by atoms with Gasteiger partial charge >= 0.3 is 0 Å². The molecule has 2 unspecified atom stereocenters. The molecule has 3 rings (SSSR count). The van der Waals surface area contributed by atoms with Crippen molar-refractivity contribution in [2.24, 2.45) is 0 Å². The third kappa shape index (κ3) is 1.87. The predicted molar refractivity (Wildman–Crippen MR) is 65.5 cm³/mol. The van der Waals surface area contributed by atoms with E-state index in [-0.39, 0.29) is 0 Å². The van der Waals surface area contributed by atoms with Crippen LogP contribution in [0.1, 0.15) is 36.4 Å². The summed E-state index contributed by atoms with van der Waals surface area (Å²) in [5, 5.41) is 8.44. The van der Waals surface area contributed by atoms with Crippen LogP contribution in [-0.2, 0) is 6.42 Å². The first-order chi connectivity index (χ1) is 7.95. The molecule has 1 aromatic rings. The Balaban J connectivity index is 1.86. The molecule has 85 valence electrons. The summed E-state index contributed by atoms with van der Waals surface area (Å²) in [5.74, 6) is 0. The van der Waals surface area contributed by atoms with E-state index in [1.54, 1.807) is 0 Å². The summed E-state index contributed by atoms with van der Waals surface area (Å²) < 4.78 is 0. The standard InChI is InChI=1S/C14H19N2/c1-2-6-12-11(5-1)8-10-16-14(12)13-7-3-4-9-15-13/h1-2,5-6,13-14,16H,3-4,7-10H2. The van der Waals surface area contributed by atoms with Crippen LogP contribution in [0.5, 0.6) is 0 Å². The Hall–Kier alpha value is -0.860. The summed E-state index contributed by atoms with van der Waals surface area (Å²) in [6, 6.07) is 9.84. The van der Waals surface area contributed by atoms with E-state index >= 15 is 0 Å². The minimum atomic E-state index is 0.477. The van der Waals surface area contributed by atoms with Gasteiger partial charge in [0.25, 0.3) is 0 Å². The van der Waals surface area contributed by atoms with E-state index in [2.05, 4.69) is 29.6 Å². The van der Waals surface area contributed by atoms with E-state index < -0.39 is 0 Å². The van der Waals surface area contributed by atoms with Crippen LogP contribution >= 0.6 is 0 Å². The van der Waals surface area contributed by atoms with Crippen molar-refractivity contribution < 1.29 is 0 Å². The van der Waals surface area contributed by atoms with Crippen molar-refractivity contribution in [3.63, 3.8) is 0 Å². The molecule has 2 aliphatic heterocycles. The molecule has 2 aliphatic rings. The summed E-state index contributed by atoms with van der Waals surface area (Å²) in [6.45, 7) is 2.17. The summed E-state index contributed by atoms with van der Waals surface area (Å²) in [4.78, 5) is 0.